The maximum atomic E-state index is 12.7. The van der Waals surface area contributed by atoms with Crippen LogP contribution in [-0.4, -0.2) is 28.5 Å². The van der Waals surface area contributed by atoms with Gasteiger partial charge >= 0.3 is 0 Å². The van der Waals surface area contributed by atoms with Crippen LogP contribution in [0.1, 0.15) is 49.9 Å². The minimum absolute atomic E-state index is 0.0290. The third-order valence-corrected chi connectivity index (χ3v) is 3.72. The summed E-state index contributed by atoms with van der Waals surface area (Å²) in [5, 5.41) is 9.86. The van der Waals surface area contributed by atoms with Gasteiger partial charge in [-0.3, -0.25) is 4.79 Å². The maximum absolute atomic E-state index is 12.7. The summed E-state index contributed by atoms with van der Waals surface area (Å²) in [4.78, 5) is 14.6. The van der Waals surface area contributed by atoms with Crippen molar-refractivity contribution in [3.05, 3.63) is 29.8 Å². The zero-order valence-electron chi connectivity index (χ0n) is 11.8. The van der Waals surface area contributed by atoms with E-state index >= 15 is 0 Å². The lowest BCUT2D eigenvalue weighted by molar-refractivity contribution is 0.0652. The van der Waals surface area contributed by atoms with Gasteiger partial charge in [0.1, 0.15) is 5.75 Å². The molecule has 0 radical (unpaired) electrons. The van der Waals surface area contributed by atoms with Crippen LogP contribution in [0.15, 0.2) is 24.3 Å². The SMILES string of the molecule is CC(C)CN(C(=O)c1ccccc1O)C1CCCC1. The van der Waals surface area contributed by atoms with Crippen LogP contribution in [0, 0.1) is 5.92 Å². The van der Waals surface area contributed by atoms with E-state index in [9.17, 15) is 9.90 Å². The van der Waals surface area contributed by atoms with E-state index in [1.54, 1.807) is 24.3 Å². The Kier molecular flexibility index (Phi) is 4.46. The van der Waals surface area contributed by atoms with Gasteiger partial charge in [-0.25, -0.2) is 0 Å². The van der Waals surface area contributed by atoms with Crippen LogP contribution in [0.25, 0.3) is 0 Å². The highest BCUT2D eigenvalue weighted by atomic mass is 16.3. The largest absolute Gasteiger partial charge is 0.507 e. The molecule has 2 rings (SSSR count). The quantitative estimate of drug-likeness (QED) is 0.902. The molecule has 1 amide bonds. The van der Waals surface area contributed by atoms with Crippen LogP contribution in [0.3, 0.4) is 0 Å². The maximum Gasteiger partial charge on any atom is 0.257 e. The molecule has 0 saturated heterocycles. The number of carbonyl (C=O) groups excluding carboxylic acids is 1. The number of nitrogens with zero attached hydrogens (tertiary/aromatic N) is 1. The Bertz CT molecular complexity index is 436. The van der Waals surface area contributed by atoms with Gasteiger partial charge in [-0.1, -0.05) is 38.8 Å². The van der Waals surface area contributed by atoms with Gasteiger partial charge in [0.2, 0.25) is 0 Å². The van der Waals surface area contributed by atoms with Gasteiger partial charge in [-0.2, -0.15) is 0 Å². The Morgan fingerprint density at radius 2 is 1.95 bits per heavy atom. The number of hydrogen-bond donors (Lipinski definition) is 1. The molecular formula is C16H23NO2. The van der Waals surface area contributed by atoms with E-state index in [0.29, 0.717) is 17.5 Å². The lowest BCUT2D eigenvalue weighted by Crippen LogP contribution is -2.41. The van der Waals surface area contributed by atoms with Crippen molar-refractivity contribution in [1.82, 2.24) is 4.90 Å². The third kappa shape index (κ3) is 3.28. The molecule has 1 aromatic carbocycles. The number of hydrogen-bond acceptors (Lipinski definition) is 2. The molecule has 1 aromatic rings. The lowest BCUT2D eigenvalue weighted by atomic mass is 10.1. The fourth-order valence-corrected chi connectivity index (χ4v) is 2.82. The number of rotatable bonds is 4. The second kappa shape index (κ2) is 6.09. The van der Waals surface area contributed by atoms with Crippen LogP contribution < -0.4 is 0 Å². The van der Waals surface area contributed by atoms with Crippen LogP contribution in [0.5, 0.6) is 5.75 Å². The summed E-state index contributed by atoms with van der Waals surface area (Å²) < 4.78 is 0. The molecule has 1 aliphatic carbocycles. The Morgan fingerprint density at radius 1 is 1.32 bits per heavy atom. The number of phenols is 1. The van der Waals surface area contributed by atoms with Crippen molar-refractivity contribution >= 4 is 5.91 Å². The minimum atomic E-state index is -0.0290. The summed E-state index contributed by atoms with van der Waals surface area (Å²) in [6.07, 6.45) is 4.58. The second-order valence-corrected chi connectivity index (χ2v) is 5.81. The number of amides is 1. The number of phenolic OH excluding ortho intramolecular Hbond substituents is 1. The Labute approximate surface area is 115 Å². The fourth-order valence-electron chi connectivity index (χ4n) is 2.82. The topological polar surface area (TPSA) is 40.5 Å². The molecule has 0 aliphatic heterocycles. The molecule has 1 fully saturated rings. The summed E-state index contributed by atoms with van der Waals surface area (Å²) in [6, 6.07) is 7.17. The number of carbonyl (C=O) groups is 1. The normalized spacial score (nSPS) is 15.9. The fraction of sp³-hybridized carbons (Fsp3) is 0.562. The molecule has 19 heavy (non-hydrogen) atoms. The van der Waals surface area contributed by atoms with E-state index in [1.165, 1.54) is 12.8 Å². The first-order chi connectivity index (χ1) is 9.09. The molecule has 3 nitrogen and oxygen atoms in total. The molecule has 0 aromatic heterocycles. The summed E-state index contributed by atoms with van der Waals surface area (Å²) in [5.74, 6) is 0.494. The summed E-state index contributed by atoms with van der Waals surface area (Å²) in [7, 11) is 0. The van der Waals surface area contributed by atoms with Crippen LogP contribution in [-0.2, 0) is 0 Å². The molecule has 3 heteroatoms. The third-order valence-electron chi connectivity index (χ3n) is 3.72. The zero-order valence-corrected chi connectivity index (χ0v) is 11.8. The molecule has 0 atom stereocenters. The summed E-state index contributed by atoms with van der Waals surface area (Å²) in [5.41, 5.74) is 0.426. The van der Waals surface area contributed by atoms with Gasteiger partial charge in [0.15, 0.2) is 0 Å². The van der Waals surface area contributed by atoms with Crippen molar-refractivity contribution in [2.45, 2.75) is 45.6 Å². The predicted octanol–water partition coefficient (Wildman–Crippen LogP) is 3.43. The van der Waals surface area contributed by atoms with E-state index in [0.717, 1.165) is 19.4 Å². The molecule has 1 N–H and O–H groups in total. The smallest absolute Gasteiger partial charge is 0.257 e. The monoisotopic (exact) mass is 261 g/mol. The first-order valence-corrected chi connectivity index (χ1v) is 7.18. The van der Waals surface area contributed by atoms with Crippen LogP contribution >= 0.6 is 0 Å². The number of aromatic hydroxyl groups is 1. The summed E-state index contributed by atoms with van der Waals surface area (Å²) >= 11 is 0. The van der Waals surface area contributed by atoms with Crippen molar-refractivity contribution in [1.29, 1.82) is 0 Å². The van der Waals surface area contributed by atoms with Gasteiger partial charge in [0.05, 0.1) is 5.56 Å². The minimum Gasteiger partial charge on any atom is -0.507 e. The van der Waals surface area contributed by atoms with Gasteiger partial charge < -0.3 is 10.0 Å². The van der Waals surface area contributed by atoms with Gasteiger partial charge in [-0.05, 0) is 30.9 Å². The van der Waals surface area contributed by atoms with Gasteiger partial charge in [0.25, 0.3) is 5.91 Å². The molecule has 1 aliphatic rings. The highest BCUT2D eigenvalue weighted by molar-refractivity contribution is 5.97. The molecule has 0 heterocycles. The van der Waals surface area contributed by atoms with Crippen LogP contribution in [0.4, 0.5) is 0 Å². The number of benzene rings is 1. The molecular weight excluding hydrogens is 238 g/mol. The molecule has 0 spiro atoms. The first-order valence-electron chi connectivity index (χ1n) is 7.18. The van der Waals surface area contributed by atoms with E-state index < -0.39 is 0 Å². The Hall–Kier alpha value is -1.51. The van der Waals surface area contributed by atoms with Crippen molar-refractivity contribution in [2.24, 2.45) is 5.92 Å². The molecule has 104 valence electrons. The average Bonchev–Trinajstić information content (AvgIpc) is 2.89. The average molecular weight is 261 g/mol. The number of para-hydroxylation sites is 1. The van der Waals surface area contributed by atoms with Crippen LogP contribution in [0.2, 0.25) is 0 Å². The predicted molar refractivity (Wildman–Crippen MR) is 76.2 cm³/mol. The van der Waals surface area contributed by atoms with Crippen molar-refractivity contribution in [3.8, 4) is 5.75 Å². The second-order valence-electron chi connectivity index (χ2n) is 5.81. The molecule has 1 saturated carbocycles. The standard InChI is InChI=1S/C16H23NO2/c1-12(2)11-17(13-7-3-4-8-13)16(19)14-9-5-6-10-15(14)18/h5-6,9-10,12-13,18H,3-4,7-8,11H2,1-2H3. The van der Waals surface area contributed by atoms with E-state index in [-0.39, 0.29) is 11.7 Å². The van der Waals surface area contributed by atoms with Crippen molar-refractivity contribution < 1.29 is 9.90 Å². The summed E-state index contributed by atoms with van der Waals surface area (Å²) in [6.45, 7) is 5.01. The zero-order chi connectivity index (χ0) is 13.8. The highest BCUT2D eigenvalue weighted by Gasteiger charge is 2.28. The van der Waals surface area contributed by atoms with E-state index in [2.05, 4.69) is 13.8 Å². The highest BCUT2D eigenvalue weighted by Crippen LogP contribution is 2.27. The van der Waals surface area contributed by atoms with E-state index in [1.807, 2.05) is 4.90 Å². The van der Waals surface area contributed by atoms with Gasteiger partial charge in [0, 0.05) is 12.6 Å². The van der Waals surface area contributed by atoms with Crippen molar-refractivity contribution in [2.75, 3.05) is 6.54 Å². The lowest BCUT2D eigenvalue weighted by Gasteiger charge is -2.31. The van der Waals surface area contributed by atoms with Gasteiger partial charge in [-0.15, -0.1) is 0 Å². The first kappa shape index (κ1) is 13.9. The molecule has 0 bridgehead atoms. The Morgan fingerprint density at radius 3 is 2.53 bits per heavy atom. The molecule has 0 unspecified atom stereocenters. The van der Waals surface area contributed by atoms with Crippen molar-refractivity contribution in [3.63, 3.8) is 0 Å². The Balaban J connectivity index is 2.22. The van der Waals surface area contributed by atoms with E-state index in [4.69, 9.17) is 0 Å².